The number of hydrogen-bond donors (Lipinski definition) is 0. The zero-order chi connectivity index (χ0) is 37.5. The predicted octanol–water partition coefficient (Wildman–Crippen LogP) is 13.9. The van der Waals surface area contributed by atoms with Crippen molar-refractivity contribution in [2.75, 3.05) is 0 Å². The van der Waals surface area contributed by atoms with Gasteiger partial charge < -0.3 is 8.98 Å². The van der Waals surface area contributed by atoms with Gasteiger partial charge in [0.15, 0.2) is 17.5 Å². The van der Waals surface area contributed by atoms with Gasteiger partial charge in [0.25, 0.3) is 0 Å². The number of rotatable bonds is 5. The lowest BCUT2D eigenvalue weighted by Gasteiger charge is -2.09. The van der Waals surface area contributed by atoms with E-state index in [1.54, 1.807) is 0 Å². The molecule has 12 aromatic rings. The molecule has 0 N–H and O–H groups in total. The van der Waals surface area contributed by atoms with Gasteiger partial charge in [-0.2, -0.15) is 0 Å². The molecule has 4 aromatic heterocycles. The molecule has 0 bridgehead atoms. The highest BCUT2D eigenvalue weighted by Crippen LogP contribution is 2.43. The van der Waals surface area contributed by atoms with E-state index in [0.29, 0.717) is 17.5 Å². The van der Waals surface area contributed by atoms with Crippen molar-refractivity contribution in [3.05, 3.63) is 182 Å². The molecule has 12 rings (SSSR count). The molecular formula is C51H30N4OS. The summed E-state index contributed by atoms with van der Waals surface area (Å²) in [5.74, 6) is 1.89. The first-order valence-electron chi connectivity index (χ1n) is 19.0. The number of nitrogens with zero attached hydrogens (tertiary/aromatic N) is 4. The maximum atomic E-state index is 6.57. The fourth-order valence-corrected chi connectivity index (χ4v) is 9.53. The quantitative estimate of drug-likeness (QED) is 0.176. The Balaban J connectivity index is 0.985. The summed E-state index contributed by atoms with van der Waals surface area (Å²) in [6, 6.07) is 63.9. The molecule has 0 spiro atoms. The molecule has 0 atom stereocenters. The molecule has 266 valence electrons. The molecule has 0 fully saturated rings. The van der Waals surface area contributed by atoms with Crippen molar-refractivity contribution < 1.29 is 4.42 Å². The molecule has 0 radical (unpaired) electrons. The lowest BCUT2D eigenvalue weighted by atomic mass is 9.98. The summed E-state index contributed by atoms with van der Waals surface area (Å²) in [5.41, 5.74) is 10.3. The summed E-state index contributed by atoms with van der Waals surface area (Å²) in [6.45, 7) is 0. The van der Waals surface area contributed by atoms with Gasteiger partial charge >= 0.3 is 0 Å². The van der Waals surface area contributed by atoms with Crippen LogP contribution in [0.4, 0.5) is 0 Å². The first-order chi connectivity index (χ1) is 28.2. The highest BCUT2D eigenvalue weighted by Gasteiger charge is 2.18. The predicted molar refractivity (Wildman–Crippen MR) is 236 cm³/mol. The summed E-state index contributed by atoms with van der Waals surface area (Å²) in [4.78, 5) is 14.8. The number of para-hydroxylation sites is 2. The summed E-state index contributed by atoms with van der Waals surface area (Å²) < 4.78 is 11.5. The smallest absolute Gasteiger partial charge is 0.164 e. The number of benzene rings is 8. The largest absolute Gasteiger partial charge is 0.456 e. The van der Waals surface area contributed by atoms with Gasteiger partial charge in [0.05, 0.1) is 11.0 Å². The van der Waals surface area contributed by atoms with Crippen molar-refractivity contribution in [3.63, 3.8) is 0 Å². The second-order valence-electron chi connectivity index (χ2n) is 14.4. The molecule has 5 nitrogen and oxygen atoms in total. The van der Waals surface area contributed by atoms with Gasteiger partial charge in [0.1, 0.15) is 11.2 Å². The Kier molecular flexibility index (Phi) is 7.03. The minimum Gasteiger partial charge on any atom is -0.456 e. The average Bonchev–Trinajstić information content (AvgIpc) is 3.95. The molecule has 0 saturated carbocycles. The van der Waals surface area contributed by atoms with Gasteiger partial charge in [-0.15, -0.1) is 11.3 Å². The van der Waals surface area contributed by atoms with E-state index in [2.05, 4.69) is 114 Å². The second-order valence-corrected chi connectivity index (χ2v) is 15.5. The van der Waals surface area contributed by atoms with Crippen LogP contribution in [-0.4, -0.2) is 19.5 Å². The number of hydrogen-bond acceptors (Lipinski definition) is 5. The number of aromatic nitrogens is 4. The molecule has 0 aliphatic heterocycles. The minimum atomic E-state index is 0.617. The van der Waals surface area contributed by atoms with Crippen LogP contribution in [0.3, 0.4) is 0 Å². The van der Waals surface area contributed by atoms with Crippen LogP contribution in [-0.2, 0) is 0 Å². The first-order valence-corrected chi connectivity index (χ1v) is 19.8. The zero-order valence-corrected chi connectivity index (χ0v) is 31.2. The average molecular weight is 747 g/mol. The number of fused-ring (bicyclic) bond motifs is 9. The van der Waals surface area contributed by atoms with Crippen molar-refractivity contribution >= 4 is 75.3 Å². The lowest BCUT2D eigenvalue weighted by molar-refractivity contribution is 0.669. The third-order valence-electron chi connectivity index (χ3n) is 11.1. The summed E-state index contributed by atoms with van der Waals surface area (Å²) in [7, 11) is 0. The number of furan rings is 1. The third kappa shape index (κ3) is 5.12. The molecule has 6 heteroatoms. The third-order valence-corrected chi connectivity index (χ3v) is 12.2. The fraction of sp³-hybridized carbons (Fsp3) is 0. The van der Waals surface area contributed by atoms with Gasteiger partial charge in [-0.05, 0) is 77.9 Å². The molecule has 4 heterocycles. The van der Waals surface area contributed by atoms with Crippen molar-refractivity contribution in [2.45, 2.75) is 0 Å². The van der Waals surface area contributed by atoms with E-state index in [1.165, 1.54) is 47.5 Å². The van der Waals surface area contributed by atoms with E-state index in [9.17, 15) is 0 Å². The van der Waals surface area contributed by atoms with Crippen molar-refractivity contribution in [3.8, 4) is 51.0 Å². The van der Waals surface area contributed by atoms with Gasteiger partial charge in [-0.1, -0.05) is 115 Å². The van der Waals surface area contributed by atoms with Gasteiger partial charge in [0.2, 0.25) is 0 Å². The highest BCUT2D eigenvalue weighted by atomic mass is 32.1. The van der Waals surface area contributed by atoms with Crippen LogP contribution < -0.4 is 0 Å². The van der Waals surface area contributed by atoms with Crippen molar-refractivity contribution in [2.24, 2.45) is 0 Å². The van der Waals surface area contributed by atoms with E-state index in [4.69, 9.17) is 19.4 Å². The Morgan fingerprint density at radius 2 is 1.02 bits per heavy atom. The van der Waals surface area contributed by atoms with E-state index < -0.39 is 0 Å². The molecule has 0 aliphatic rings. The van der Waals surface area contributed by atoms with Crippen LogP contribution in [0.25, 0.3) is 115 Å². The molecule has 0 saturated heterocycles. The molecule has 0 unspecified atom stereocenters. The monoisotopic (exact) mass is 746 g/mol. The molecular weight excluding hydrogens is 717 g/mol. The Morgan fingerprint density at radius 3 is 1.72 bits per heavy atom. The molecule has 0 aliphatic carbocycles. The lowest BCUT2D eigenvalue weighted by Crippen LogP contribution is -2.00. The Bertz CT molecular complexity index is 3420. The van der Waals surface area contributed by atoms with Crippen LogP contribution in [0.5, 0.6) is 0 Å². The second kappa shape index (κ2) is 12.6. The van der Waals surface area contributed by atoms with Crippen LogP contribution in [0.1, 0.15) is 0 Å². The van der Waals surface area contributed by atoms with Crippen LogP contribution >= 0.6 is 11.3 Å². The van der Waals surface area contributed by atoms with Crippen molar-refractivity contribution in [1.82, 2.24) is 19.5 Å². The summed E-state index contributed by atoms with van der Waals surface area (Å²) in [6.07, 6.45) is 0. The van der Waals surface area contributed by atoms with Crippen LogP contribution in [0.2, 0.25) is 0 Å². The van der Waals surface area contributed by atoms with Crippen LogP contribution in [0, 0.1) is 0 Å². The maximum absolute atomic E-state index is 6.57. The minimum absolute atomic E-state index is 0.617. The topological polar surface area (TPSA) is 56.7 Å². The summed E-state index contributed by atoms with van der Waals surface area (Å²) in [5, 5.41) is 7.10. The van der Waals surface area contributed by atoms with Gasteiger partial charge in [-0.3, -0.25) is 0 Å². The van der Waals surface area contributed by atoms with E-state index >= 15 is 0 Å². The maximum Gasteiger partial charge on any atom is 0.164 e. The SMILES string of the molecule is c1ccc(-c2nc(-c3ccccc3)nc(-c3ccc4oc5cc(-c6cccc7sc8ccc(-n9c%10ccccc%10c%10ccccc%109)cc8c67)ccc5c4c3)n2)cc1. The fourth-order valence-electron chi connectivity index (χ4n) is 8.42. The molecule has 0 amide bonds. The van der Waals surface area contributed by atoms with E-state index in [-0.39, 0.29) is 0 Å². The Hall–Kier alpha value is -7.41. The Morgan fingerprint density at radius 1 is 0.386 bits per heavy atom. The van der Waals surface area contributed by atoms with Crippen LogP contribution in [0.15, 0.2) is 186 Å². The highest BCUT2D eigenvalue weighted by molar-refractivity contribution is 7.26. The van der Waals surface area contributed by atoms with E-state index in [1.807, 2.05) is 84.1 Å². The Labute approximate surface area is 330 Å². The summed E-state index contributed by atoms with van der Waals surface area (Å²) >= 11 is 1.84. The first kappa shape index (κ1) is 31.9. The van der Waals surface area contributed by atoms with Gasteiger partial charge in [0, 0.05) is 64.1 Å². The molecule has 57 heavy (non-hydrogen) atoms. The normalized spacial score (nSPS) is 11.9. The standard InChI is InChI=1S/C51H30N4OS/c1-3-12-31(13-4-1)49-52-50(32-14-5-2-6-15-32)54-51(53-49)34-23-26-44-40(28-34)39-25-22-33(29-45(39)56-44)36-18-11-21-47-48(36)41-30-35(24-27-46(41)57-47)55-42-19-9-7-16-37(42)38-17-8-10-20-43(38)55/h1-30H. The van der Waals surface area contributed by atoms with E-state index in [0.717, 1.165) is 49.9 Å². The number of thiophene rings is 1. The van der Waals surface area contributed by atoms with Gasteiger partial charge in [-0.25, -0.2) is 15.0 Å². The van der Waals surface area contributed by atoms with Crippen molar-refractivity contribution in [1.29, 1.82) is 0 Å². The zero-order valence-electron chi connectivity index (χ0n) is 30.4. The molecule has 8 aromatic carbocycles.